The molecule has 3 heterocycles. The van der Waals surface area contributed by atoms with E-state index in [1.54, 1.807) is 6.07 Å². The highest BCUT2D eigenvalue weighted by Crippen LogP contribution is 2.27. The summed E-state index contributed by atoms with van der Waals surface area (Å²) >= 11 is 5.74. The molecule has 3 rings (SSSR count). The van der Waals surface area contributed by atoms with Gasteiger partial charge in [-0.3, -0.25) is 4.79 Å². The van der Waals surface area contributed by atoms with Crippen molar-refractivity contribution in [3.8, 4) is 0 Å². The minimum atomic E-state index is -0.617. The molecule has 0 bridgehead atoms. The van der Waals surface area contributed by atoms with Crippen molar-refractivity contribution in [3.05, 3.63) is 46.9 Å². The first kappa shape index (κ1) is 15.8. The number of nitrogens with zero attached hydrogens (tertiary/aromatic N) is 2. The van der Waals surface area contributed by atoms with E-state index in [9.17, 15) is 9.59 Å². The van der Waals surface area contributed by atoms with Crippen LogP contribution in [0, 0.1) is 0 Å². The van der Waals surface area contributed by atoms with Gasteiger partial charge in [-0.1, -0.05) is 11.6 Å². The molecule has 122 valence electrons. The van der Waals surface area contributed by atoms with E-state index < -0.39 is 11.9 Å². The summed E-state index contributed by atoms with van der Waals surface area (Å²) in [5.74, 6) is -1.06. The predicted molar refractivity (Wildman–Crippen MR) is 87.0 cm³/mol. The number of hydrogen-bond donors (Lipinski definition) is 2. The maximum atomic E-state index is 12.3. The first-order valence-corrected chi connectivity index (χ1v) is 7.07. The third-order valence-electron chi connectivity index (χ3n) is 3.14. The summed E-state index contributed by atoms with van der Waals surface area (Å²) in [6.07, 6.45) is 1.39. The largest absolute Gasteiger partial charge is 0.464 e. The Morgan fingerprint density at radius 2 is 2.08 bits per heavy atom. The number of anilines is 2. The lowest BCUT2D eigenvalue weighted by atomic mass is 10.2. The van der Waals surface area contributed by atoms with E-state index in [2.05, 4.69) is 20.0 Å². The highest BCUT2D eigenvalue weighted by Gasteiger charge is 2.21. The van der Waals surface area contributed by atoms with Crippen LogP contribution in [0.4, 0.5) is 11.5 Å². The van der Waals surface area contributed by atoms with Crippen molar-refractivity contribution in [1.82, 2.24) is 9.97 Å². The number of fused-ring (bicyclic) bond motifs is 1. The van der Waals surface area contributed by atoms with Gasteiger partial charge in [-0.05, 0) is 24.3 Å². The minimum Gasteiger partial charge on any atom is -0.464 e. The molecule has 0 aliphatic heterocycles. The number of nitrogen functional groups attached to an aromatic ring is 1. The van der Waals surface area contributed by atoms with Crippen LogP contribution in [0.15, 0.2) is 34.9 Å². The molecule has 8 nitrogen and oxygen atoms in total. The molecule has 0 aliphatic carbocycles. The first-order valence-electron chi connectivity index (χ1n) is 6.70. The van der Waals surface area contributed by atoms with Gasteiger partial charge in [-0.25, -0.2) is 14.8 Å². The molecule has 3 N–H and O–H groups in total. The second kappa shape index (κ2) is 6.17. The molecule has 3 aromatic rings. The van der Waals surface area contributed by atoms with Crippen LogP contribution in [0.3, 0.4) is 0 Å². The van der Waals surface area contributed by atoms with Crippen molar-refractivity contribution in [2.45, 2.75) is 0 Å². The van der Waals surface area contributed by atoms with Crippen molar-refractivity contribution in [2.24, 2.45) is 0 Å². The molecule has 0 aromatic carbocycles. The number of aromatic nitrogens is 2. The maximum Gasteiger partial charge on any atom is 0.356 e. The fourth-order valence-electron chi connectivity index (χ4n) is 2.00. The van der Waals surface area contributed by atoms with Crippen LogP contribution in [0.5, 0.6) is 0 Å². The number of furan rings is 1. The molecule has 9 heteroatoms. The van der Waals surface area contributed by atoms with Gasteiger partial charge in [0.1, 0.15) is 22.7 Å². The van der Waals surface area contributed by atoms with Crippen LogP contribution in [0.25, 0.3) is 11.1 Å². The molecule has 0 radical (unpaired) electrons. The van der Waals surface area contributed by atoms with Gasteiger partial charge in [0.2, 0.25) is 5.76 Å². The fourth-order valence-corrected chi connectivity index (χ4v) is 2.12. The summed E-state index contributed by atoms with van der Waals surface area (Å²) in [7, 11) is 1.24. The standard InChI is InChI=1S/C15H11ClN4O4/c1-23-15(22)8-3-4-9-12(19-8)11(17)13(24-9)14(21)20-10-5-2-7(16)6-18-10/h2-6H,17H2,1H3,(H,18,20,21). The van der Waals surface area contributed by atoms with Gasteiger partial charge < -0.3 is 20.2 Å². The van der Waals surface area contributed by atoms with E-state index in [1.807, 2.05) is 0 Å². The molecule has 24 heavy (non-hydrogen) atoms. The number of carbonyl (C=O) groups excluding carboxylic acids is 2. The first-order chi connectivity index (χ1) is 11.5. The van der Waals surface area contributed by atoms with Crippen molar-refractivity contribution in [2.75, 3.05) is 18.2 Å². The second-order valence-corrected chi connectivity index (χ2v) is 5.13. The van der Waals surface area contributed by atoms with Crippen LogP contribution in [0.2, 0.25) is 5.02 Å². The van der Waals surface area contributed by atoms with E-state index in [1.165, 1.54) is 31.5 Å². The summed E-state index contributed by atoms with van der Waals surface area (Å²) < 4.78 is 10.0. The minimum absolute atomic E-state index is 0.0159. The number of pyridine rings is 2. The van der Waals surface area contributed by atoms with E-state index in [4.69, 9.17) is 21.8 Å². The molecule has 1 amide bonds. The zero-order valence-electron chi connectivity index (χ0n) is 12.4. The molecular formula is C15H11ClN4O4. The number of carbonyl (C=O) groups is 2. The molecule has 0 unspecified atom stereocenters. The lowest BCUT2D eigenvalue weighted by Crippen LogP contribution is -2.13. The maximum absolute atomic E-state index is 12.3. The summed E-state index contributed by atoms with van der Waals surface area (Å²) in [4.78, 5) is 31.8. The summed E-state index contributed by atoms with van der Waals surface area (Å²) in [5, 5.41) is 2.97. The summed E-state index contributed by atoms with van der Waals surface area (Å²) in [5.41, 5.74) is 6.47. The Hall–Kier alpha value is -3.13. The molecule has 0 atom stereocenters. The molecule has 0 saturated heterocycles. The van der Waals surface area contributed by atoms with Crippen LogP contribution < -0.4 is 11.1 Å². The van der Waals surface area contributed by atoms with Crippen LogP contribution >= 0.6 is 11.6 Å². The van der Waals surface area contributed by atoms with Crippen molar-refractivity contribution >= 4 is 46.1 Å². The van der Waals surface area contributed by atoms with E-state index in [0.717, 1.165) is 0 Å². The Morgan fingerprint density at radius 3 is 2.75 bits per heavy atom. The summed E-state index contributed by atoms with van der Waals surface area (Å²) in [6.45, 7) is 0. The zero-order valence-corrected chi connectivity index (χ0v) is 13.1. The van der Waals surface area contributed by atoms with Crippen molar-refractivity contribution < 1.29 is 18.7 Å². The van der Waals surface area contributed by atoms with Crippen LogP contribution in [-0.4, -0.2) is 29.0 Å². The zero-order chi connectivity index (χ0) is 17.3. The highest BCUT2D eigenvalue weighted by molar-refractivity contribution is 6.30. The van der Waals surface area contributed by atoms with Gasteiger partial charge in [0.05, 0.1) is 12.1 Å². The van der Waals surface area contributed by atoms with Gasteiger partial charge in [-0.2, -0.15) is 0 Å². The number of rotatable bonds is 3. The molecular weight excluding hydrogens is 336 g/mol. The Labute approximate surface area is 140 Å². The SMILES string of the molecule is COC(=O)c1ccc2oc(C(=O)Nc3ccc(Cl)cn3)c(N)c2n1. The number of nitrogens with one attached hydrogen (secondary N) is 1. The number of amides is 1. The van der Waals surface area contributed by atoms with Crippen LogP contribution in [-0.2, 0) is 4.74 Å². The number of ether oxygens (including phenoxy) is 1. The van der Waals surface area contributed by atoms with Gasteiger partial charge in [0.15, 0.2) is 5.58 Å². The van der Waals surface area contributed by atoms with Crippen molar-refractivity contribution in [1.29, 1.82) is 0 Å². The Morgan fingerprint density at radius 1 is 1.29 bits per heavy atom. The smallest absolute Gasteiger partial charge is 0.356 e. The number of nitrogens with two attached hydrogens (primary N) is 1. The predicted octanol–water partition coefficient (Wildman–Crippen LogP) is 2.50. The molecule has 0 saturated carbocycles. The second-order valence-electron chi connectivity index (χ2n) is 4.70. The van der Waals surface area contributed by atoms with E-state index in [-0.39, 0.29) is 34.1 Å². The van der Waals surface area contributed by atoms with E-state index >= 15 is 0 Å². The molecule has 0 aliphatic rings. The molecule has 3 aromatic heterocycles. The normalized spacial score (nSPS) is 10.6. The monoisotopic (exact) mass is 346 g/mol. The quantitative estimate of drug-likeness (QED) is 0.699. The molecule has 0 fully saturated rings. The number of esters is 1. The topological polar surface area (TPSA) is 120 Å². The Balaban J connectivity index is 1.94. The Kier molecular flexibility index (Phi) is 4.05. The third kappa shape index (κ3) is 2.86. The third-order valence-corrected chi connectivity index (χ3v) is 3.36. The Bertz CT molecular complexity index is 937. The van der Waals surface area contributed by atoms with Gasteiger partial charge >= 0.3 is 5.97 Å². The number of methoxy groups -OCH3 is 1. The lowest BCUT2D eigenvalue weighted by Gasteiger charge is -2.02. The summed E-state index contributed by atoms with van der Waals surface area (Å²) in [6, 6.07) is 6.02. The highest BCUT2D eigenvalue weighted by atomic mass is 35.5. The number of hydrogen-bond acceptors (Lipinski definition) is 7. The molecule has 0 spiro atoms. The van der Waals surface area contributed by atoms with Gasteiger partial charge in [-0.15, -0.1) is 0 Å². The van der Waals surface area contributed by atoms with Crippen molar-refractivity contribution in [3.63, 3.8) is 0 Å². The average Bonchev–Trinajstić information content (AvgIpc) is 2.92. The van der Waals surface area contributed by atoms with Crippen LogP contribution in [0.1, 0.15) is 21.0 Å². The number of halogens is 1. The lowest BCUT2D eigenvalue weighted by molar-refractivity contribution is 0.0594. The van der Waals surface area contributed by atoms with Gasteiger partial charge in [0, 0.05) is 6.20 Å². The van der Waals surface area contributed by atoms with E-state index in [0.29, 0.717) is 5.02 Å². The van der Waals surface area contributed by atoms with Gasteiger partial charge in [0.25, 0.3) is 5.91 Å². The fraction of sp³-hybridized carbons (Fsp3) is 0.0667. The average molecular weight is 347 g/mol.